The lowest BCUT2D eigenvalue weighted by Crippen LogP contribution is -2.27. The van der Waals surface area contributed by atoms with Crippen molar-refractivity contribution in [2.24, 2.45) is 15.3 Å². The van der Waals surface area contributed by atoms with Gasteiger partial charge in [-0.1, -0.05) is 12.1 Å². The number of amides is 1. The van der Waals surface area contributed by atoms with E-state index in [0.717, 1.165) is 6.08 Å². The Morgan fingerprint density at radius 3 is 2.16 bits per heavy atom. The van der Waals surface area contributed by atoms with Crippen molar-refractivity contribution in [2.75, 3.05) is 16.5 Å². The lowest BCUT2D eigenvalue weighted by molar-refractivity contribution is 0.102. The van der Waals surface area contributed by atoms with Crippen LogP contribution in [0, 0.1) is 6.92 Å². The highest BCUT2D eigenvalue weighted by Crippen LogP contribution is 2.31. The number of carbonyl (C=O) groups is 2. The first-order chi connectivity index (χ1) is 23.7. The summed E-state index contributed by atoms with van der Waals surface area (Å²) in [7, 11) is -9.32. The predicted octanol–water partition coefficient (Wildman–Crippen LogP) is 6.54. The first-order valence-electron chi connectivity index (χ1n) is 14.6. The molecule has 6 rings (SSSR count). The van der Waals surface area contributed by atoms with Crippen LogP contribution >= 0.6 is 0 Å². The number of nitrogens with zero attached hydrogens (tertiary/aromatic N) is 3. The Balaban J connectivity index is 1.22. The molecular formula is C34H26N6O8S2. The van der Waals surface area contributed by atoms with E-state index in [-0.39, 0.29) is 27.6 Å². The molecule has 0 bridgehead atoms. The van der Waals surface area contributed by atoms with Gasteiger partial charge < -0.3 is 11.1 Å². The maximum atomic E-state index is 13.4. The highest BCUT2D eigenvalue weighted by atomic mass is 32.2. The van der Waals surface area contributed by atoms with E-state index in [1.54, 1.807) is 55.5 Å². The molecule has 0 saturated heterocycles. The number of nitrogens with two attached hydrogens (primary N) is 1. The van der Waals surface area contributed by atoms with E-state index in [2.05, 4.69) is 26.1 Å². The fraction of sp³-hybridized carbons (Fsp3) is 0.0294. The molecule has 6 N–H and O–H groups in total. The number of benzene rings is 5. The SMILES string of the molecule is Cc1cc(NC(=O)c2ccc(N)cc2)ccc1N=Nc1ccc2c(c1)C=C(S(=O)(=O)O)/C(=N/Nc1ccc3cc(S(=O)(=O)O)ccc3c1)C2=O. The van der Waals surface area contributed by atoms with Crippen LogP contribution in [0.2, 0.25) is 0 Å². The zero-order valence-electron chi connectivity index (χ0n) is 25.9. The van der Waals surface area contributed by atoms with E-state index in [0.29, 0.717) is 44.6 Å². The van der Waals surface area contributed by atoms with Crippen molar-refractivity contribution in [1.29, 1.82) is 0 Å². The van der Waals surface area contributed by atoms with Crippen molar-refractivity contribution < 1.29 is 35.5 Å². The molecule has 16 heteroatoms. The second kappa shape index (κ2) is 13.1. The minimum atomic E-state index is -4.92. The van der Waals surface area contributed by atoms with Gasteiger partial charge in [-0.15, -0.1) is 0 Å². The average molecular weight is 711 g/mol. The summed E-state index contributed by atoms with van der Waals surface area (Å²) in [6.45, 7) is 1.78. The summed E-state index contributed by atoms with van der Waals surface area (Å²) < 4.78 is 66.9. The Morgan fingerprint density at radius 1 is 0.760 bits per heavy atom. The second-order valence-corrected chi connectivity index (χ2v) is 13.9. The lowest BCUT2D eigenvalue weighted by Gasteiger charge is -2.16. The van der Waals surface area contributed by atoms with Crippen molar-refractivity contribution in [3.63, 3.8) is 0 Å². The predicted molar refractivity (Wildman–Crippen MR) is 189 cm³/mol. The van der Waals surface area contributed by atoms with Gasteiger partial charge in [-0.25, -0.2) is 0 Å². The van der Waals surface area contributed by atoms with Crippen LogP contribution in [0.5, 0.6) is 0 Å². The zero-order valence-corrected chi connectivity index (χ0v) is 27.5. The summed E-state index contributed by atoms with van der Waals surface area (Å²) in [5, 5.41) is 16.3. The molecule has 0 saturated carbocycles. The van der Waals surface area contributed by atoms with E-state index < -0.39 is 36.6 Å². The Bertz CT molecular complexity index is 2550. The first kappa shape index (κ1) is 33.8. The number of allylic oxidation sites excluding steroid dienone is 1. The number of rotatable bonds is 8. The third kappa shape index (κ3) is 7.32. The summed E-state index contributed by atoms with van der Waals surface area (Å²) in [4.78, 5) is 25.0. The monoisotopic (exact) mass is 710 g/mol. The molecule has 14 nitrogen and oxygen atoms in total. The van der Waals surface area contributed by atoms with Gasteiger partial charge in [-0.3, -0.25) is 24.1 Å². The number of hydrazone groups is 1. The van der Waals surface area contributed by atoms with E-state index in [1.165, 1.54) is 48.5 Å². The van der Waals surface area contributed by atoms with Gasteiger partial charge in [0.25, 0.3) is 26.1 Å². The van der Waals surface area contributed by atoms with E-state index in [1.807, 2.05) is 0 Å². The molecule has 0 unspecified atom stereocenters. The van der Waals surface area contributed by atoms with Crippen LogP contribution in [0.15, 0.2) is 122 Å². The van der Waals surface area contributed by atoms with E-state index in [4.69, 9.17) is 5.73 Å². The number of ketones is 1. The zero-order chi connectivity index (χ0) is 35.8. The molecule has 5 aromatic rings. The number of anilines is 3. The van der Waals surface area contributed by atoms with Gasteiger partial charge in [-0.05, 0) is 120 Å². The fourth-order valence-electron chi connectivity index (χ4n) is 5.06. The highest BCUT2D eigenvalue weighted by Gasteiger charge is 2.33. The van der Waals surface area contributed by atoms with Gasteiger partial charge in [-0.2, -0.15) is 32.2 Å². The Morgan fingerprint density at radius 2 is 1.46 bits per heavy atom. The standard InChI is InChI=1S/C34H26N6O8S2/c1-19-14-25(36-34(42)20-2-6-24(35)7-3-20)10-13-30(19)39-37-27-9-12-29-23(16-27)18-31(50(46,47)48)32(33(29)41)40-38-26-8-4-22-17-28(49(43,44)45)11-5-21(22)15-26/h2-18,38H,35H2,1H3,(H,36,42)(H,43,44,45)(H,46,47,48)/b39-37?,40-32-. The van der Waals surface area contributed by atoms with Crippen LogP contribution in [0.4, 0.5) is 28.4 Å². The number of Topliss-reactive ketones (excluding diaryl/α,β-unsaturated/α-hetero) is 1. The first-order valence-corrected chi connectivity index (χ1v) is 17.5. The summed E-state index contributed by atoms with van der Waals surface area (Å²) in [6, 6.07) is 24.5. The molecule has 1 aliphatic carbocycles. The number of aryl methyl sites for hydroxylation is 1. The minimum Gasteiger partial charge on any atom is -0.399 e. The summed E-state index contributed by atoms with van der Waals surface area (Å²) >= 11 is 0. The molecule has 1 aliphatic rings. The van der Waals surface area contributed by atoms with Gasteiger partial charge in [0.1, 0.15) is 4.91 Å². The van der Waals surface area contributed by atoms with Crippen molar-refractivity contribution in [3.05, 3.63) is 124 Å². The van der Waals surface area contributed by atoms with Gasteiger partial charge in [0.2, 0.25) is 5.78 Å². The van der Waals surface area contributed by atoms with Crippen LogP contribution in [-0.2, 0) is 20.2 Å². The fourth-order valence-corrected chi connectivity index (χ4v) is 6.23. The molecule has 1 amide bonds. The van der Waals surface area contributed by atoms with Gasteiger partial charge in [0.05, 0.1) is 22.0 Å². The quantitative estimate of drug-likeness (QED) is 0.0505. The van der Waals surface area contributed by atoms with Gasteiger partial charge in [0.15, 0.2) is 5.71 Å². The molecule has 0 aromatic heterocycles. The topological polar surface area (TPSA) is 230 Å². The van der Waals surface area contributed by atoms with Crippen molar-refractivity contribution in [1.82, 2.24) is 0 Å². The Kier molecular flexibility index (Phi) is 8.85. The molecule has 252 valence electrons. The summed E-state index contributed by atoms with van der Waals surface area (Å²) in [5.74, 6) is -1.09. The van der Waals surface area contributed by atoms with Crippen molar-refractivity contribution in [3.8, 4) is 0 Å². The molecule has 0 radical (unpaired) electrons. The number of nitrogens with one attached hydrogen (secondary N) is 2. The van der Waals surface area contributed by atoms with Crippen molar-refractivity contribution in [2.45, 2.75) is 11.8 Å². The summed E-state index contributed by atoms with van der Waals surface area (Å²) in [6.07, 6.45) is 1.10. The molecule has 0 fully saturated rings. The third-order valence-corrected chi connectivity index (χ3v) is 9.32. The third-order valence-electron chi connectivity index (χ3n) is 7.60. The van der Waals surface area contributed by atoms with E-state index in [9.17, 15) is 35.5 Å². The molecule has 0 aliphatic heterocycles. The Hall–Kier alpha value is -6.07. The van der Waals surface area contributed by atoms with E-state index >= 15 is 0 Å². The largest absolute Gasteiger partial charge is 0.399 e. The lowest BCUT2D eigenvalue weighted by atomic mass is 9.94. The molecule has 0 spiro atoms. The number of hydrogen-bond donors (Lipinski definition) is 5. The molecule has 0 atom stereocenters. The number of carbonyl (C=O) groups excluding carboxylic acids is 2. The number of azo groups is 1. The van der Waals surface area contributed by atoms with Crippen LogP contribution in [-0.4, -0.2) is 43.3 Å². The number of fused-ring (bicyclic) bond motifs is 2. The second-order valence-electron chi connectivity index (χ2n) is 11.1. The summed E-state index contributed by atoms with van der Waals surface area (Å²) in [5.41, 5.74) is 11.3. The Labute approximate surface area is 285 Å². The van der Waals surface area contributed by atoms with Gasteiger partial charge >= 0.3 is 0 Å². The molecule has 0 heterocycles. The molecule has 5 aromatic carbocycles. The maximum Gasteiger partial charge on any atom is 0.296 e. The van der Waals surface area contributed by atoms with Crippen LogP contribution < -0.4 is 16.5 Å². The molecule has 50 heavy (non-hydrogen) atoms. The van der Waals surface area contributed by atoms with Gasteiger partial charge in [0, 0.05) is 22.5 Å². The van der Waals surface area contributed by atoms with Crippen LogP contribution in [0.3, 0.4) is 0 Å². The normalized spacial score (nSPS) is 14.1. The van der Waals surface area contributed by atoms with Crippen molar-refractivity contribution >= 4 is 82.9 Å². The number of hydrogen-bond acceptors (Lipinski definition) is 11. The maximum absolute atomic E-state index is 13.4. The molecular weight excluding hydrogens is 685 g/mol. The smallest absolute Gasteiger partial charge is 0.296 e. The highest BCUT2D eigenvalue weighted by molar-refractivity contribution is 7.91. The van der Waals surface area contributed by atoms with Crippen LogP contribution in [0.25, 0.3) is 16.8 Å². The van der Waals surface area contributed by atoms with Crippen LogP contribution in [0.1, 0.15) is 31.8 Å². The average Bonchev–Trinajstić information content (AvgIpc) is 3.06. The number of nitrogen functional groups attached to an aromatic ring is 1. The minimum absolute atomic E-state index is 0.102.